The highest BCUT2D eigenvalue weighted by Gasteiger charge is 2.27. The smallest absolute Gasteiger partial charge is 0.126 e. The second kappa shape index (κ2) is 6.75. The zero-order valence-electron chi connectivity index (χ0n) is 14.9. The van der Waals surface area contributed by atoms with Crippen LogP contribution < -0.4 is 0 Å². The predicted molar refractivity (Wildman–Crippen MR) is 96.7 cm³/mol. The molecule has 0 unspecified atom stereocenters. The number of rotatable bonds is 5. The van der Waals surface area contributed by atoms with Gasteiger partial charge in [0, 0.05) is 48.2 Å². The fourth-order valence-electron chi connectivity index (χ4n) is 3.15. The van der Waals surface area contributed by atoms with Crippen molar-refractivity contribution < 1.29 is 0 Å². The molecule has 0 amide bonds. The minimum absolute atomic E-state index is 0.379. The Morgan fingerprint density at radius 3 is 2.78 bits per heavy atom. The van der Waals surface area contributed by atoms with Crippen molar-refractivity contribution in [1.82, 2.24) is 19.4 Å². The molecule has 5 heteroatoms. The van der Waals surface area contributed by atoms with E-state index in [-0.39, 0.29) is 0 Å². The summed E-state index contributed by atoms with van der Waals surface area (Å²) in [6.45, 7) is 13.1. The summed E-state index contributed by atoms with van der Waals surface area (Å²) in [5.41, 5.74) is 1.34. The molecule has 0 saturated heterocycles. The van der Waals surface area contributed by atoms with Crippen molar-refractivity contribution in [1.29, 1.82) is 0 Å². The largest absolute Gasteiger partial charge is 0.328 e. The molecule has 126 valence electrons. The van der Waals surface area contributed by atoms with Crippen molar-refractivity contribution in [3.05, 3.63) is 39.6 Å². The third kappa shape index (κ3) is 3.52. The number of hydrogen-bond acceptors (Lipinski definition) is 4. The van der Waals surface area contributed by atoms with Crippen molar-refractivity contribution in [3.8, 4) is 0 Å². The number of aromatic nitrogens is 2. The number of imidazole rings is 1. The fraction of sp³-hybridized carbons (Fsp3) is 0.611. The van der Waals surface area contributed by atoms with Gasteiger partial charge in [0.25, 0.3) is 0 Å². The topological polar surface area (TPSA) is 24.3 Å². The van der Waals surface area contributed by atoms with Crippen molar-refractivity contribution in [2.24, 2.45) is 0 Å². The number of hydrogen-bond donors (Lipinski definition) is 0. The molecule has 3 rings (SSSR count). The van der Waals surface area contributed by atoms with Crippen LogP contribution >= 0.6 is 11.3 Å². The maximum atomic E-state index is 4.75. The molecule has 0 radical (unpaired) electrons. The zero-order valence-corrected chi connectivity index (χ0v) is 15.7. The van der Waals surface area contributed by atoms with E-state index in [0.717, 1.165) is 26.2 Å². The van der Waals surface area contributed by atoms with E-state index in [4.69, 9.17) is 4.98 Å². The molecule has 1 aliphatic heterocycles. The first-order valence-corrected chi connectivity index (χ1v) is 9.31. The Labute approximate surface area is 143 Å². The third-order valence-corrected chi connectivity index (χ3v) is 5.93. The summed E-state index contributed by atoms with van der Waals surface area (Å²) in [5.74, 6) is 1.22. The van der Waals surface area contributed by atoms with E-state index < -0.39 is 0 Å². The predicted octanol–water partition coefficient (Wildman–Crippen LogP) is 3.67. The highest BCUT2D eigenvalue weighted by molar-refractivity contribution is 7.11. The molecule has 0 bridgehead atoms. The van der Waals surface area contributed by atoms with Gasteiger partial charge in [0.1, 0.15) is 5.82 Å². The van der Waals surface area contributed by atoms with E-state index in [1.807, 2.05) is 11.3 Å². The molecule has 2 aromatic rings. The molecule has 0 N–H and O–H groups in total. The van der Waals surface area contributed by atoms with Gasteiger partial charge < -0.3 is 4.57 Å². The minimum Gasteiger partial charge on any atom is -0.328 e. The second-order valence-electron chi connectivity index (χ2n) is 6.93. The van der Waals surface area contributed by atoms with Crippen LogP contribution in [0.5, 0.6) is 0 Å². The van der Waals surface area contributed by atoms with E-state index in [1.54, 1.807) is 0 Å². The molecule has 1 atom stereocenters. The number of aryl methyl sites for hydroxylation is 1. The Morgan fingerprint density at radius 1 is 1.35 bits per heavy atom. The average molecular weight is 333 g/mol. The lowest BCUT2D eigenvalue weighted by Gasteiger charge is -2.34. The van der Waals surface area contributed by atoms with Gasteiger partial charge in [-0.1, -0.05) is 0 Å². The fourth-order valence-corrected chi connectivity index (χ4v) is 4.07. The first-order chi connectivity index (χ1) is 11.0. The lowest BCUT2D eigenvalue weighted by Crippen LogP contribution is -2.37. The van der Waals surface area contributed by atoms with E-state index in [2.05, 4.69) is 67.4 Å². The molecule has 2 aromatic heterocycles. The minimum atomic E-state index is 0.379. The Kier molecular flexibility index (Phi) is 4.90. The van der Waals surface area contributed by atoms with Gasteiger partial charge in [-0.3, -0.25) is 9.80 Å². The summed E-state index contributed by atoms with van der Waals surface area (Å²) in [7, 11) is 2.18. The Hall–Kier alpha value is -1.17. The standard InChI is InChI=1S/C18H28N4S/c1-13(2)20(5)11-16-10-19-18-15(4)21(8-9-22(16)18)12-17-7-6-14(3)23-17/h6-7,10,13,15H,8-9,11-12H2,1-5H3/t15-/m1/s1. The van der Waals surface area contributed by atoms with E-state index in [0.29, 0.717) is 12.1 Å². The van der Waals surface area contributed by atoms with Crippen LogP contribution in [0.3, 0.4) is 0 Å². The monoisotopic (exact) mass is 332 g/mol. The molecule has 23 heavy (non-hydrogen) atoms. The zero-order chi connectivity index (χ0) is 16.6. The first-order valence-electron chi connectivity index (χ1n) is 8.49. The van der Waals surface area contributed by atoms with Gasteiger partial charge in [0.15, 0.2) is 0 Å². The van der Waals surface area contributed by atoms with Crippen LogP contribution in [-0.4, -0.2) is 39.0 Å². The summed E-state index contributed by atoms with van der Waals surface area (Å²) in [6.07, 6.45) is 2.07. The molecule has 0 fully saturated rings. The van der Waals surface area contributed by atoms with Crippen LogP contribution in [-0.2, 0) is 19.6 Å². The van der Waals surface area contributed by atoms with Gasteiger partial charge in [-0.25, -0.2) is 4.98 Å². The number of nitrogens with zero attached hydrogens (tertiary/aromatic N) is 4. The Bertz CT molecular complexity index is 658. The van der Waals surface area contributed by atoms with E-state index in [1.165, 1.54) is 21.3 Å². The van der Waals surface area contributed by atoms with Crippen molar-refractivity contribution in [3.63, 3.8) is 0 Å². The Morgan fingerprint density at radius 2 is 2.13 bits per heavy atom. The van der Waals surface area contributed by atoms with Crippen molar-refractivity contribution in [2.45, 2.75) is 59.4 Å². The van der Waals surface area contributed by atoms with Crippen molar-refractivity contribution >= 4 is 11.3 Å². The van der Waals surface area contributed by atoms with E-state index in [9.17, 15) is 0 Å². The SMILES string of the molecule is Cc1ccc(CN2CCn3c(CN(C)C(C)C)cnc3[C@H]2C)s1. The van der Waals surface area contributed by atoms with Crippen LogP contribution in [0.2, 0.25) is 0 Å². The Balaban J connectivity index is 1.73. The van der Waals surface area contributed by atoms with Gasteiger partial charge in [-0.15, -0.1) is 11.3 Å². The van der Waals surface area contributed by atoms with Crippen LogP contribution in [0.4, 0.5) is 0 Å². The third-order valence-electron chi connectivity index (χ3n) is 4.95. The molecule has 3 heterocycles. The van der Waals surface area contributed by atoms with Crippen LogP contribution in [0.15, 0.2) is 18.3 Å². The first kappa shape index (κ1) is 16.7. The molecule has 0 saturated carbocycles. The van der Waals surface area contributed by atoms with Crippen molar-refractivity contribution in [2.75, 3.05) is 13.6 Å². The van der Waals surface area contributed by atoms with E-state index >= 15 is 0 Å². The van der Waals surface area contributed by atoms with Crippen LogP contribution in [0.1, 0.15) is 48.1 Å². The molecular weight excluding hydrogens is 304 g/mol. The lowest BCUT2D eigenvalue weighted by molar-refractivity contribution is 0.154. The highest BCUT2D eigenvalue weighted by Crippen LogP contribution is 2.28. The van der Waals surface area contributed by atoms with Gasteiger partial charge >= 0.3 is 0 Å². The maximum Gasteiger partial charge on any atom is 0.126 e. The van der Waals surface area contributed by atoms with Gasteiger partial charge in [0.05, 0.1) is 11.7 Å². The van der Waals surface area contributed by atoms with Gasteiger partial charge in [0.2, 0.25) is 0 Å². The summed E-state index contributed by atoms with van der Waals surface area (Å²) >= 11 is 1.91. The number of thiophene rings is 1. The second-order valence-corrected chi connectivity index (χ2v) is 8.30. The summed E-state index contributed by atoms with van der Waals surface area (Å²) in [6, 6.07) is 5.41. The van der Waals surface area contributed by atoms with Crippen LogP contribution in [0.25, 0.3) is 0 Å². The maximum absolute atomic E-state index is 4.75. The quantitative estimate of drug-likeness (QED) is 0.835. The summed E-state index contributed by atoms with van der Waals surface area (Å²) in [5, 5.41) is 0. The molecule has 1 aliphatic rings. The number of fused-ring (bicyclic) bond motifs is 1. The lowest BCUT2D eigenvalue weighted by atomic mass is 10.2. The summed E-state index contributed by atoms with van der Waals surface area (Å²) in [4.78, 5) is 12.5. The summed E-state index contributed by atoms with van der Waals surface area (Å²) < 4.78 is 2.43. The highest BCUT2D eigenvalue weighted by atomic mass is 32.1. The molecular formula is C18H28N4S. The van der Waals surface area contributed by atoms with Gasteiger partial charge in [-0.2, -0.15) is 0 Å². The normalized spacial score (nSPS) is 18.8. The molecule has 0 aromatic carbocycles. The average Bonchev–Trinajstić information content (AvgIpc) is 3.09. The molecule has 0 spiro atoms. The van der Waals surface area contributed by atoms with Crippen LogP contribution in [0, 0.1) is 6.92 Å². The van der Waals surface area contributed by atoms with Gasteiger partial charge in [-0.05, 0) is 46.9 Å². The molecule has 0 aliphatic carbocycles. The molecule has 4 nitrogen and oxygen atoms in total.